The van der Waals surface area contributed by atoms with Crippen molar-refractivity contribution >= 4 is 5.97 Å². The SMILES string of the molecule is COC(=O)CCCCCCC/C=C/C[C@@H](OC)C(C)C. The van der Waals surface area contributed by atoms with Crippen LogP contribution in [-0.4, -0.2) is 26.3 Å². The van der Waals surface area contributed by atoms with Gasteiger partial charge in [0, 0.05) is 13.5 Å². The zero-order valence-electron chi connectivity index (χ0n) is 13.7. The van der Waals surface area contributed by atoms with Crippen LogP contribution in [0.1, 0.15) is 65.2 Å². The summed E-state index contributed by atoms with van der Waals surface area (Å²) < 4.78 is 10.0. The fraction of sp³-hybridized carbons (Fsp3) is 0.824. The average Bonchev–Trinajstić information content (AvgIpc) is 2.44. The van der Waals surface area contributed by atoms with Crippen LogP contribution >= 0.6 is 0 Å². The van der Waals surface area contributed by atoms with Crippen molar-refractivity contribution in [2.75, 3.05) is 14.2 Å². The van der Waals surface area contributed by atoms with Gasteiger partial charge < -0.3 is 9.47 Å². The van der Waals surface area contributed by atoms with E-state index in [1.165, 1.54) is 26.4 Å². The minimum atomic E-state index is -0.0919. The van der Waals surface area contributed by atoms with E-state index >= 15 is 0 Å². The zero-order chi connectivity index (χ0) is 15.2. The van der Waals surface area contributed by atoms with Crippen molar-refractivity contribution in [1.29, 1.82) is 0 Å². The highest BCUT2D eigenvalue weighted by molar-refractivity contribution is 5.68. The van der Waals surface area contributed by atoms with Crippen molar-refractivity contribution in [2.45, 2.75) is 71.3 Å². The van der Waals surface area contributed by atoms with Crippen LogP contribution in [0.3, 0.4) is 0 Å². The highest BCUT2D eigenvalue weighted by Crippen LogP contribution is 2.12. The molecule has 3 heteroatoms. The summed E-state index contributed by atoms with van der Waals surface area (Å²) in [5, 5.41) is 0. The van der Waals surface area contributed by atoms with E-state index in [1.54, 1.807) is 7.11 Å². The van der Waals surface area contributed by atoms with E-state index in [9.17, 15) is 4.79 Å². The molecule has 0 aliphatic carbocycles. The molecule has 0 amide bonds. The molecule has 0 radical (unpaired) electrons. The first kappa shape index (κ1) is 19.2. The highest BCUT2D eigenvalue weighted by atomic mass is 16.5. The van der Waals surface area contributed by atoms with Crippen LogP contribution in [0.5, 0.6) is 0 Å². The fourth-order valence-electron chi connectivity index (χ4n) is 2.15. The molecule has 0 spiro atoms. The number of hydrogen-bond donors (Lipinski definition) is 0. The molecule has 0 N–H and O–H groups in total. The molecule has 3 nitrogen and oxygen atoms in total. The van der Waals surface area contributed by atoms with Gasteiger partial charge in [0.25, 0.3) is 0 Å². The summed E-state index contributed by atoms with van der Waals surface area (Å²) in [5.41, 5.74) is 0. The number of carbonyl (C=O) groups excluding carboxylic acids is 1. The Balaban J connectivity index is 3.37. The lowest BCUT2D eigenvalue weighted by Gasteiger charge is -2.16. The van der Waals surface area contributed by atoms with Gasteiger partial charge in [0.2, 0.25) is 0 Å². The van der Waals surface area contributed by atoms with Gasteiger partial charge >= 0.3 is 5.97 Å². The first-order valence-electron chi connectivity index (χ1n) is 7.86. The summed E-state index contributed by atoms with van der Waals surface area (Å²) in [4.78, 5) is 10.9. The van der Waals surface area contributed by atoms with Crippen molar-refractivity contribution in [2.24, 2.45) is 5.92 Å². The third kappa shape index (κ3) is 11.0. The molecule has 0 saturated heterocycles. The second-order valence-corrected chi connectivity index (χ2v) is 5.61. The maximum Gasteiger partial charge on any atom is 0.305 e. The second-order valence-electron chi connectivity index (χ2n) is 5.61. The van der Waals surface area contributed by atoms with Gasteiger partial charge in [-0.2, -0.15) is 0 Å². The molecule has 0 unspecified atom stereocenters. The molecule has 0 aromatic rings. The van der Waals surface area contributed by atoms with Crippen molar-refractivity contribution in [3.8, 4) is 0 Å². The van der Waals surface area contributed by atoms with Gasteiger partial charge in [-0.25, -0.2) is 0 Å². The third-order valence-corrected chi connectivity index (χ3v) is 3.56. The number of esters is 1. The largest absolute Gasteiger partial charge is 0.469 e. The minimum absolute atomic E-state index is 0.0919. The summed E-state index contributed by atoms with van der Waals surface area (Å²) in [7, 11) is 3.23. The smallest absolute Gasteiger partial charge is 0.305 e. The number of methoxy groups -OCH3 is 2. The lowest BCUT2D eigenvalue weighted by Crippen LogP contribution is -2.16. The van der Waals surface area contributed by atoms with Gasteiger partial charge in [-0.15, -0.1) is 0 Å². The minimum Gasteiger partial charge on any atom is -0.469 e. The monoisotopic (exact) mass is 284 g/mol. The van der Waals surface area contributed by atoms with Gasteiger partial charge in [0.05, 0.1) is 13.2 Å². The van der Waals surface area contributed by atoms with E-state index in [0.29, 0.717) is 18.4 Å². The Morgan fingerprint density at radius 1 is 1.00 bits per heavy atom. The molecule has 0 fully saturated rings. The number of rotatable bonds is 12. The molecule has 0 saturated carbocycles. The van der Waals surface area contributed by atoms with E-state index in [1.807, 2.05) is 0 Å². The van der Waals surface area contributed by atoms with E-state index in [4.69, 9.17) is 4.74 Å². The van der Waals surface area contributed by atoms with Gasteiger partial charge in [-0.1, -0.05) is 45.3 Å². The molecule has 0 aromatic carbocycles. The van der Waals surface area contributed by atoms with E-state index in [2.05, 4.69) is 30.7 Å². The summed E-state index contributed by atoms with van der Waals surface area (Å²) in [6.07, 6.45) is 13.3. The Morgan fingerprint density at radius 2 is 1.65 bits per heavy atom. The Labute approximate surface area is 124 Å². The second kappa shape index (κ2) is 13.2. The normalized spacial score (nSPS) is 13.1. The molecular formula is C17H32O3. The molecule has 0 aliphatic rings. The van der Waals surface area contributed by atoms with Crippen LogP contribution < -0.4 is 0 Å². The van der Waals surface area contributed by atoms with Gasteiger partial charge in [0.1, 0.15) is 0 Å². The highest BCUT2D eigenvalue weighted by Gasteiger charge is 2.09. The molecule has 1 atom stereocenters. The van der Waals surface area contributed by atoms with E-state index < -0.39 is 0 Å². The molecule has 20 heavy (non-hydrogen) atoms. The Hall–Kier alpha value is -0.830. The third-order valence-electron chi connectivity index (χ3n) is 3.56. The first-order valence-corrected chi connectivity index (χ1v) is 7.86. The lowest BCUT2D eigenvalue weighted by molar-refractivity contribution is -0.140. The number of allylic oxidation sites excluding steroid dienone is 1. The summed E-state index contributed by atoms with van der Waals surface area (Å²) in [5.74, 6) is 0.477. The Morgan fingerprint density at radius 3 is 2.25 bits per heavy atom. The molecule has 0 rings (SSSR count). The topological polar surface area (TPSA) is 35.5 Å². The number of carbonyl (C=O) groups is 1. The van der Waals surface area contributed by atoms with Crippen molar-refractivity contribution < 1.29 is 14.3 Å². The molecular weight excluding hydrogens is 252 g/mol. The average molecular weight is 284 g/mol. The number of ether oxygens (including phenoxy) is 2. The summed E-state index contributed by atoms with van der Waals surface area (Å²) >= 11 is 0. The van der Waals surface area contributed by atoms with Gasteiger partial charge in [-0.3, -0.25) is 4.79 Å². The van der Waals surface area contributed by atoms with Gasteiger partial charge in [-0.05, 0) is 31.6 Å². The van der Waals surface area contributed by atoms with Crippen LogP contribution in [0.4, 0.5) is 0 Å². The Kier molecular flexibility index (Phi) is 12.6. The van der Waals surface area contributed by atoms with Gasteiger partial charge in [0.15, 0.2) is 0 Å². The first-order chi connectivity index (χ1) is 9.61. The molecule has 118 valence electrons. The summed E-state index contributed by atoms with van der Waals surface area (Å²) in [6, 6.07) is 0. The molecule has 0 bridgehead atoms. The van der Waals surface area contributed by atoms with Crippen LogP contribution in [0.25, 0.3) is 0 Å². The van der Waals surface area contributed by atoms with Crippen LogP contribution in [0, 0.1) is 5.92 Å². The maximum absolute atomic E-state index is 10.9. The predicted octanol–water partition coefficient (Wildman–Crippen LogP) is 4.51. The van der Waals surface area contributed by atoms with E-state index in [-0.39, 0.29) is 5.97 Å². The van der Waals surface area contributed by atoms with Crippen LogP contribution in [0.2, 0.25) is 0 Å². The molecule has 0 aliphatic heterocycles. The van der Waals surface area contributed by atoms with Crippen molar-refractivity contribution in [3.63, 3.8) is 0 Å². The van der Waals surface area contributed by atoms with Crippen molar-refractivity contribution in [3.05, 3.63) is 12.2 Å². The Bertz CT molecular complexity index is 259. The van der Waals surface area contributed by atoms with Crippen LogP contribution in [-0.2, 0) is 14.3 Å². The molecule has 0 heterocycles. The number of hydrogen-bond acceptors (Lipinski definition) is 3. The maximum atomic E-state index is 10.9. The fourth-order valence-corrected chi connectivity index (χ4v) is 2.15. The summed E-state index contributed by atoms with van der Waals surface area (Å²) in [6.45, 7) is 4.38. The van der Waals surface area contributed by atoms with Crippen LogP contribution in [0.15, 0.2) is 12.2 Å². The van der Waals surface area contributed by atoms with E-state index in [0.717, 1.165) is 25.7 Å². The standard InChI is InChI=1S/C17H32O3/c1-15(2)16(19-3)13-11-9-7-5-6-8-10-12-14-17(18)20-4/h9,11,15-16H,5-8,10,12-14H2,1-4H3/b11-9+/t16-/m1/s1. The molecule has 0 aromatic heterocycles. The quantitative estimate of drug-likeness (QED) is 0.300. The number of unbranched alkanes of at least 4 members (excludes halogenated alkanes) is 5. The predicted molar refractivity (Wildman–Crippen MR) is 83.7 cm³/mol. The van der Waals surface area contributed by atoms with Crippen molar-refractivity contribution in [1.82, 2.24) is 0 Å². The zero-order valence-corrected chi connectivity index (χ0v) is 13.7. The lowest BCUT2D eigenvalue weighted by atomic mass is 10.0.